The molecule has 0 saturated carbocycles. The van der Waals surface area contributed by atoms with Gasteiger partial charge in [0.15, 0.2) is 0 Å². The third-order valence-electron chi connectivity index (χ3n) is 3.20. The summed E-state index contributed by atoms with van der Waals surface area (Å²) in [6.45, 7) is 0.827. The molecule has 1 aliphatic rings. The zero-order valence-corrected chi connectivity index (χ0v) is 11.3. The molecule has 0 bridgehead atoms. The Morgan fingerprint density at radius 2 is 2.33 bits per heavy atom. The van der Waals surface area contributed by atoms with E-state index in [4.69, 9.17) is 0 Å². The van der Waals surface area contributed by atoms with Crippen molar-refractivity contribution in [2.24, 2.45) is 0 Å². The second-order valence-electron chi connectivity index (χ2n) is 4.58. The molecule has 2 N–H and O–H groups in total. The summed E-state index contributed by atoms with van der Waals surface area (Å²) in [7, 11) is 1.94. The van der Waals surface area contributed by atoms with Crippen LogP contribution in [0.2, 0.25) is 0 Å². The Morgan fingerprint density at radius 1 is 1.39 bits per heavy atom. The molecule has 1 aromatic carbocycles. The third-order valence-corrected chi connectivity index (χ3v) is 4.40. The van der Waals surface area contributed by atoms with E-state index < -0.39 is 0 Å². The van der Waals surface area contributed by atoms with Crippen molar-refractivity contribution in [2.45, 2.75) is 24.3 Å². The van der Waals surface area contributed by atoms with Gasteiger partial charge >= 0.3 is 0 Å². The summed E-state index contributed by atoms with van der Waals surface area (Å²) in [5.41, 5.74) is 4.86. The maximum atomic E-state index is 4.38. The molecule has 1 aromatic heterocycles. The van der Waals surface area contributed by atoms with E-state index in [0.717, 1.165) is 17.9 Å². The van der Waals surface area contributed by atoms with Crippen molar-refractivity contribution in [1.29, 1.82) is 0 Å². The molecule has 0 radical (unpaired) electrons. The Morgan fingerprint density at radius 3 is 3.22 bits per heavy atom. The summed E-state index contributed by atoms with van der Waals surface area (Å²) in [6.07, 6.45) is 2.48. The number of rotatable bonds is 3. The molecule has 4 heteroatoms. The van der Waals surface area contributed by atoms with E-state index in [0.29, 0.717) is 0 Å². The predicted molar refractivity (Wildman–Crippen MR) is 75.8 cm³/mol. The largest absolute Gasteiger partial charge is 0.314 e. The number of H-pyrrole nitrogens is 1. The number of aromatic nitrogens is 2. The molecule has 94 valence electrons. The van der Waals surface area contributed by atoms with Gasteiger partial charge in [-0.1, -0.05) is 6.07 Å². The second-order valence-corrected chi connectivity index (χ2v) is 5.72. The lowest BCUT2D eigenvalue weighted by Crippen LogP contribution is -2.04. The van der Waals surface area contributed by atoms with Crippen LogP contribution in [0.4, 0.5) is 0 Å². The first kappa shape index (κ1) is 11.8. The Balaban J connectivity index is 1.91. The van der Waals surface area contributed by atoms with Crippen molar-refractivity contribution in [3.63, 3.8) is 0 Å². The van der Waals surface area contributed by atoms with Crippen molar-refractivity contribution in [3.8, 4) is 11.3 Å². The van der Waals surface area contributed by atoms with Crippen molar-refractivity contribution in [3.05, 3.63) is 35.5 Å². The van der Waals surface area contributed by atoms with Gasteiger partial charge in [-0.05, 0) is 49.4 Å². The highest BCUT2D eigenvalue weighted by Gasteiger charge is 2.11. The first-order valence-corrected chi connectivity index (χ1v) is 7.30. The zero-order valence-electron chi connectivity index (χ0n) is 10.5. The van der Waals surface area contributed by atoms with Crippen LogP contribution >= 0.6 is 11.8 Å². The van der Waals surface area contributed by atoms with Crippen LogP contribution in [0, 0.1) is 0 Å². The first-order valence-electron chi connectivity index (χ1n) is 6.32. The Hall–Kier alpha value is -1.26. The van der Waals surface area contributed by atoms with Gasteiger partial charge in [-0.2, -0.15) is 5.10 Å². The van der Waals surface area contributed by atoms with Crippen molar-refractivity contribution < 1.29 is 0 Å². The average molecular weight is 259 g/mol. The molecule has 0 fully saturated rings. The van der Waals surface area contributed by atoms with Gasteiger partial charge in [-0.15, -0.1) is 11.8 Å². The number of nitrogens with one attached hydrogen (secondary N) is 2. The minimum Gasteiger partial charge on any atom is -0.314 e. The Labute approximate surface area is 111 Å². The van der Waals surface area contributed by atoms with Crippen LogP contribution in [0.1, 0.15) is 17.7 Å². The molecule has 18 heavy (non-hydrogen) atoms. The number of hydrogen-bond donors (Lipinski definition) is 2. The summed E-state index contributed by atoms with van der Waals surface area (Å²) in [5.74, 6) is 1.25. The maximum absolute atomic E-state index is 4.38. The minimum atomic E-state index is 0.827. The SMILES string of the molecule is CNCc1cc(-c2ccc3c(c2)CCCS3)n[nH]1. The molecule has 0 atom stereocenters. The summed E-state index contributed by atoms with van der Waals surface area (Å²) in [4.78, 5) is 1.44. The number of thioether (sulfide) groups is 1. The van der Waals surface area contributed by atoms with Gasteiger partial charge in [-0.25, -0.2) is 0 Å². The maximum Gasteiger partial charge on any atom is 0.0924 e. The number of fused-ring (bicyclic) bond motifs is 1. The number of benzene rings is 1. The summed E-state index contributed by atoms with van der Waals surface area (Å²) < 4.78 is 0. The second kappa shape index (κ2) is 5.16. The highest BCUT2D eigenvalue weighted by Crippen LogP contribution is 2.32. The lowest BCUT2D eigenvalue weighted by Gasteiger charge is -2.15. The van der Waals surface area contributed by atoms with E-state index in [1.807, 2.05) is 18.8 Å². The van der Waals surface area contributed by atoms with Crippen LogP contribution in [0.3, 0.4) is 0 Å². The molecule has 0 saturated heterocycles. The van der Waals surface area contributed by atoms with E-state index in [2.05, 4.69) is 39.8 Å². The molecule has 3 rings (SSSR count). The van der Waals surface area contributed by atoms with Crippen LogP contribution in [0.25, 0.3) is 11.3 Å². The minimum absolute atomic E-state index is 0.827. The van der Waals surface area contributed by atoms with E-state index in [1.54, 1.807) is 0 Å². The zero-order chi connectivity index (χ0) is 12.4. The van der Waals surface area contributed by atoms with Crippen LogP contribution < -0.4 is 5.32 Å². The monoisotopic (exact) mass is 259 g/mol. The Bertz CT molecular complexity index is 548. The molecular weight excluding hydrogens is 242 g/mol. The summed E-state index contributed by atoms with van der Waals surface area (Å²) >= 11 is 1.97. The number of nitrogens with zero attached hydrogens (tertiary/aromatic N) is 1. The number of hydrogen-bond acceptors (Lipinski definition) is 3. The van der Waals surface area contributed by atoms with Crippen LogP contribution in [0.15, 0.2) is 29.2 Å². The third kappa shape index (κ3) is 2.31. The van der Waals surface area contributed by atoms with Gasteiger partial charge in [0.05, 0.1) is 5.69 Å². The highest BCUT2D eigenvalue weighted by atomic mass is 32.2. The topological polar surface area (TPSA) is 40.7 Å². The van der Waals surface area contributed by atoms with E-state index in [1.165, 1.54) is 34.6 Å². The molecule has 3 nitrogen and oxygen atoms in total. The molecule has 1 aliphatic heterocycles. The average Bonchev–Trinajstić information content (AvgIpc) is 2.87. The smallest absolute Gasteiger partial charge is 0.0924 e. The lowest BCUT2D eigenvalue weighted by molar-refractivity contribution is 0.784. The van der Waals surface area contributed by atoms with Gasteiger partial charge < -0.3 is 5.32 Å². The fourth-order valence-corrected chi connectivity index (χ4v) is 3.33. The predicted octanol–water partition coefficient (Wildman–Crippen LogP) is 2.83. The summed E-state index contributed by atoms with van der Waals surface area (Å²) in [5, 5.41) is 10.6. The molecule has 0 spiro atoms. The molecule has 0 amide bonds. The van der Waals surface area contributed by atoms with Crippen molar-refractivity contribution >= 4 is 11.8 Å². The molecule has 0 aliphatic carbocycles. The first-order chi connectivity index (χ1) is 8.86. The van der Waals surface area contributed by atoms with E-state index in [-0.39, 0.29) is 0 Å². The van der Waals surface area contributed by atoms with Gasteiger partial charge in [0.25, 0.3) is 0 Å². The standard InChI is InChI=1S/C14H17N3S/c1-15-9-12-8-13(17-16-12)10-4-5-14-11(7-10)3-2-6-18-14/h4-5,7-8,15H,2-3,6,9H2,1H3,(H,16,17). The number of aryl methyl sites for hydroxylation is 1. The lowest BCUT2D eigenvalue weighted by atomic mass is 10.0. The normalized spacial score (nSPS) is 14.5. The van der Waals surface area contributed by atoms with Crippen LogP contribution in [-0.4, -0.2) is 23.0 Å². The quantitative estimate of drug-likeness (QED) is 0.890. The van der Waals surface area contributed by atoms with Gasteiger partial charge in [0, 0.05) is 22.7 Å². The summed E-state index contributed by atoms with van der Waals surface area (Å²) in [6, 6.07) is 8.83. The van der Waals surface area contributed by atoms with Gasteiger partial charge in [0.2, 0.25) is 0 Å². The highest BCUT2D eigenvalue weighted by molar-refractivity contribution is 7.99. The van der Waals surface area contributed by atoms with Crippen LogP contribution in [0.5, 0.6) is 0 Å². The van der Waals surface area contributed by atoms with E-state index in [9.17, 15) is 0 Å². The Kier molecular flexibility index (Phi) is 3.39. The van der Waals surface area contributed by atoms with Crippen LogP contribution in [-0.2, 0) is 13.0 Å². The molecule has 2 heterocycles. The van der Waals surface area contributed by atoms with Crippen molar-refractivity contribution in [2.75, 3.05) is 12.8 Å². The molecule has 0 unspecified atom stereocenters. The van der Waals surface area contributed by atoms with Gasteiger partial charge in [0.1, 0.15) is 0 Å². The molecular formula is C14H17N3S. The molecule has 2 aromatic rings. The fourth-order valence-electron chi connectivity index (χ4n) is 2.31. The van der Waals surface area contributed by atoms with Gasteiger partial charge in [-0.3, -0.25) is 5.10 Å². The van der Waals surface area contributed by atoms with Crippen molar-refractivity contribution in [1.82, 2.24) is 15.5 Å². The number of aromatic amines is 1. The fraction of sp³-hybridized carbons (Fsp3) is 0.357. The van der Waals surface area contributed by atoms with E-state index >= 15 is 0 Å².